The fraction of sp³-hybridized carbons (Fsp3) is 0.250. The first kappa shape index (κ1) is 22.6. The van der Waals surface area contributed by atoms with E-state index in [-0.39, 0.29) is 16.0 Å². The predicted octanol–water partition coefficient (Wildman–Crippen LogP) is 3.42. The van der Waals surface area contributed by atoms with E-state index in [4.69, 9.17) is 5.73 Å². The molecule has 2 aromatic carbocycles. The molecule has 0 aliphatic heterocycles. The maximum absolute atomic E-state index is 13.2. The number of sulfonamides is 1. The number of aryl methyl sites for hydroxylation is 1. The molecular weight excluding hydrogens is 438 g/mol. The van der Waals surface area contributed by atoms with Crippen LogP contribution in [0.25, 0.3) is 10.9 Å². The average Bonchev–Trinajstić information content (AvgIpc) is 3.32. The van der Waals surface area contributed by atoms with Crippen molar-refractivity contribution < 1.29 is 13.2 Å². The van der Waals surface area contributed by atoms with Crippen molar-refractivity contribution in [3.05, 3.63) is 77.7 Å². The van der Waals surface area contributed by atoms with Crippen molar-refractivity contribution in [1.29, 1.82) is 0 Å². The number of nitrogen functional groups attached to an aromatic ring is 1. The van der Waals surface area contributed by atoms with Gasteiger partial charge >= 0.3 is 0 Å². The van der Waals surface area contributed by atoms with Crippen LogP contribution in [-0.2, 0) is 29.0 Å². The van der Waals surface area contributed by atoms with Gasteiger partial charge < -0.3 is 10.3 Å². The Bertz CT molecular complexity index is 1460. The highest BCUT2D eigenvalue weighted by Gasteiger charge is 2.26. The van der Waals surface area contributed by atoms with Gasteiger partial charge in [-0.2, -0.15) is 5.10 Å². The van der Waals surface area contributed by atoms with Gasteiger partial charge in [-0.3, -0.25) is 9.48 Å². The molecule has 4 aromatic rings. The van der Waals surface area contributed by atoms with Gasteiger partial charge in [0.1, 0.15) is 5.69 Å². The third kappa shape index (κ3) is 4.49. The molecule has 8 nitrogen and oxygen atoms in total. The van der Waals surface area contributed by atoms with Crippen LogP contribution >= 0.6 is 0 Å². The number of para-hydroxylation sites is 1. The van der Waals surface area contributed by atoms with E-state index in [1.54, 1.807) is 16.8 Å². The number of rotatable bonds is 5. The molecular formula is C24H27N5O3S. The molecule has 0 radical (unpaired) electrons. The Morgan fingerprint density at radius 2 is 1.82 bits per heavy atom. The zero-order valence-corrected chi connectivity index (χ0v) is 19.8. The second kappa shape index (κ2) is 8.08. The largest absolute Gasteiger partial charge is 0.399 e. The van der Waals surface area contributed by atoms with Gasteiger partial charge in [0, 0.05) is 24.3 Å². The Kier molecular flexibility index (Phi) is 5.53. The van der Waals surface area contributed by atoms with Crippen LogP contribution in [0.5, 0.6) is 0 Å². The van der Waals surface area contributed by atoms with E-state index in [1.165, 1.54) is 18.2 Å². The Morgan fingerprint density at radius 3 is 2.52 bits per heavy atom. The topological polar surface area (TPSA) is 112 Å². The highest BCUT2D eigenvalue weighted by molar-refractivity contribution is 7.90. The maximum atomic E-state index is 13.2. The Labute approximate surface area is 193 Å². The number of hydrogen-bond acceptors (Lipinski definition) is 5. The summed E-state index contributed by atoms with van der Waals surface area (Å²) in [5.74, 6) is -0.750. The minimum atomic E-state index is -4.10. The maximum Gasteiger partial charge on any atom is 0.283 e. The minimum Gasteiger partial charge on any atom is -0.399 e. The van der Waals surface area contributed by atoms with Gasteiger partial charge in [-0.05, 0) is 41.3 Å². The number of nitrogens with two attached hydrogens (primary N) is 1. The van der Waals surface area contributed by atoms with Crippen LogP contribution in [0.4, 0.5) is 5.69 Å². The number of fused-ring (bicyclic) bond motifs is 1. The smallest absolute Gasteiger partial charge is 0.283 e. The summed E-state index contributed by atoms with van der Waals surface area (Å²) in [7, 11) is -2.14. The summed E-state index contributed by atoms with van der Waals surface area (Å²) in [6.45, 7) is 6.28. The molecule has 3 N–H and O–H groups in total. The summed E-state index contributed by atoms with van der Waals surface area (Å²) in [6, 6.07) is 15.4. The molecule has 1 amide bonds. The molecule has 2 heterocycles. The lowest BCUT2D eigenvalue weighted by molar-refractivity contribution is 0.0971. The monoisotopic (exact) mass is 465 g/mol. The van der Waals surface area contributed by atoms with Crippen molar-refractivity contribution in [2.45, 2.75) is 37.6 Å². The molecule has 0 aliphatic carbocycles. The molecule has 0 spiro atoms. The number of hydrogen-bond donors (Lipinski definition) is 2. The Hall–Kier alpha value is -3.59. The van der Waals surface area contributed by atoms with Crippen LogP contribution in [0, 0.1) is 0 Å². The van der Waals surface area contributed by atoms with Crippen LogP contribution in [0.2, 0.25) is 0 Å². The van der Waals surface area contributed by atoms with E-state index in [1.807, 2.05) is 62.8 Å². The normalized spacial score (nSPS) is 12.2. The van der Waals surface area contributed by atoms with E-state index < -0.39 is 15.9 Å². The summed E-state index contributed by atoms with van der Waals surface area (Å²) >= 11 is 0. The summed E-state index contributed by atoms with van der Waals surface area (Å²) in [6.07, 6.45) is 1.98. The number of aromatic nitrogens is 3. The summed E-state index contributed by atoms with van der Waals surface area (Å²) < 4.78 is 31.4. The van der Waals surface area contributed by atoms with E-state index in [0.29, 0.717) is 17.9 Å². The van der Waals surface area contributed by atoms with Crippen molar-refractivity contribution in [2.24, 2.45) is 7.05 Å². The number of benzene rings is 2. The van der Waals surface area contributed by atoms with E-state index in [2.05, 4.69) is 9.82 Å². The van der Waals surface area contributed by atoms with Gasteiger partial charge in [0.2, 0.25) is 0 Å². The molecule has 0 atom stereocenters. The molecule has 0 saturated carbocycles. The molecule has 0 unspecified atom stereocenters. The van der Waals surface area contributed by atoms with Crippen molar-refractivity contribution in [1.82, 2.24) is 19.1 Å². The number of amides is 1. The van der Waals surface area contributed by atoms with Crippen LogP contribution in [0.1, 0.15) is 42.5 Å². The van der Waals surface area contributed by atoms with E-state index >= 15 is 0 Å². The first-order chi connectivity index (χ1) is 15.5. The lowest BCUT2D eigenvalue weighted by atomic mass is 9.92. The number of nitrogens with zero attached hydrogens (tertiary/aromatic N) is 3. The zero-order chi connectivity index (χ0) is 24.0. The summed E-state index contributed by atoms with van der Waals surface area (Å²) in [4.78, 5) is 13.1. The zero-order valence-electron chi connectivity index (χ0n) is 19.0. The number of anilines is 1. The first-order valence-electron chi connectivity index (χ1n) is 10.5. The van der Waals surface area contributed by atoms with Gasteiger partial charge in [-0.25, -0.2) is 13.1 Å². The highest BCUT2D eigenvalue weighted by atomic mass is 32.2. The average molecular weight is 466 g/mol. The predicted molar refractivity (Wildman–Crippen MR) is 128 cm³/mol. The molecule has 2 aromatic heterocycles. The Balaban J connectivity index is 1.74. The quantitative estimate of drug-likeness (QED) is 0.439. The number of carbonyl (C=O) groups is 1. The van der Waals surface area contributed by atoms with Crippen molar-refractivity contribution in [3.63, 3.8) is 0 Å². The molecule has 0 bridgehead atoms. The van der Waals surface area contributed by atoms with Crippen molar-refractivity contribution in [3.8, 4) is 0 Å². The standard InChI is InChI=1S/C24H27N5O3S/c1-24(2,3)21-14-20(23(30)27-33(31,32)19-10-6-9-18(25)13-19)29(26-21)15-17-8-5-7-16-11-12-28(4)22(16)17/h5-14H,15,25H2,1-4H3,(H,27,30). The molecule has 0 aliphatic rings. The number of carbonyl (C=O) groups excluding carboxylic acids is 1. The second-order valence-corrected chi connectivity index (χ2v) is 10.8. The third-order valence-electron chi connectivity index (χ3n) is 5.48. The van der Waals surface area contributed by atoms with Gasteiger partial charge in [-0.1, -0.05) is 45.0 Å². The molecule has 0 saturated heterocycles. The SMILES string of the molecule is Cn1ccc2cccc(Cn3nc(C(C)(C)C)cc3C(=O)NS(=O)(=O)c3cccc(N)c3)c21. The fourth-order valence-corrected chi connectivity index (χ4v) is 4.75. The third-order valence-corrected chi connectivity index (χ3v) is 6.81. The van der Waals surface area contributed by atoms with Gasteiger partial charge in [0.05, 0.1) is 22.7 Å². The van der Waals surface area contributed by atoms with Gasteiger partial charge in [-0.15, -0.1) is 0 Å². The lowest BCUT2D eigenvalue weighted by Crippen LogP contribution is -2.32. The lowest BCUT2D eigenvalue weighted by Gasteiger charge is -2.14. The van der Waals surface area contributed by atoms with E-state index in [9.17, 15) is 13.2 Å². The van der Waals surface area contributed by atoms with Crippen LogP contribution in [0.3, 0.4) is 0 Å². The van der Waals surface area contributed by atoms with Crippen molar-refractivity contribution in [2.75, 3.05) is 5.73 Å². The second-order valence-electron chi connectivity index (χ2n) is 9.11. The van der Waals surface area contributed by atoms with Gasteiger partial charge in [0.25, 0.3) is 15.9 Å². The Morgan fingerprint density at radius 1 is 1.09 bits per heavy atom. The molecule has 0 fully saturated rings. The van der Waals surface area contributed by atoms with Gasteiger partial charge in [0.15, 0.2) is 0 Å². The molecule has 172 valence electrons. The minimum absolute atomic E-state index is 0.0773. The first-order valence-corrected chi connectivity index (χ1v) is 12.0. The fourth-order valence-electron chi connectivity index (χ4n) is 3.73. The molecule has 4 rings (SSSR count). The number of nitrogens with one attached hydrogen (secondary N) is 1. The van der Waals surface area contributed by atoms with Crippen LogP contribution in [0.15, 0.2) is 65.7 Å². The molecule has 9 heteroatoms. The van der Waals surface area contributed by atoms with Crippen molar-refractivity contribution >= 4 is 32.5 Å². The summed E-state index contributed by atoms with van der Waals surface area (Å²) in [5, 5.41) is 5.74. The van der Waals surface area contributed by atoms with E-state index in [0.717, 1.165) is 16.5 Å². The van der Waals surface area contributed by atoms with Crippen LogP contribution in [-0.4, -0.2) is 28.7 Å². The van der Waals surface area contributed by atoms with Crippen LogP contribution < -0.4 is 10.5 Å². The highest BCUT2D eigenvalue weighted by Crippen LogP contribution is 2.25. The molecule has 33 heavy (non-hydrogen) atoms. The summed E-state index contributed by atoms with van der Waals surface area (Å²) in [5.41, 5.74) is 8.53.